The van der Waals surface area contributed by atoms with Gasteiger partial charge in [-0.3, -0.25) is 0 Å². The molecule has 0 aliphatic heterocycles. The molecule has 1 aliphatic carbocycles. The largest absolute Gasteiger partial charge is 0.447 e. The first-order valence-corrected chi connectivity index (χ1v) is 5.78. The van der Waals surface area contributed by atoms with Gasteiger partial charge in [-0.2, -0.15) is 0 Å². The van der Waals surface area contributed by atoms with E-state index in [1.165, 1.54) is 19.3 Å². The zero-order valence-electron chi connectivity index (χ0n) is 9.66. The van der Waals surface area contributed by atoms with Crippen LogP contribution in [0, 0.1) is 11.8 Å². The van der Waals surface area contributed by atoms with E-state index in [2.05, 4.69) is 5.32 Å². The Bertz CT molecular complexity index is 207. The van der Waals surface area contributed by atoms with Crippen molar-refractivity contribution in [2.24, 2.45) is 17.6 Å². The summed E-state index contributed by atoms with van der Waals surface area (Å²) < 4.78 is 5.00. The third kappa shape index (κ3) is 4.08. The maximum atomic E-state index is 11.2. The molecule has 15 heavy (non-hydrogen) atoms. The van der Waals surface area contributed by atoms with Gasteiger partial charge in [0.2, 0.25) is 0 Å². The third-order valence-electron chi connectivity index (χ3n) is 2.97. The minimum absolute atomic E-state index is 0.0566. The standard InChI is InChI=1S/C11H22N2O2/c1-8(2)15-11(14)13-7-10-5-3-4-9(10)6-12/h8-10H,3-7,12H2,1-2H3,(H,13,14). The van der Waals surface area contributed by atoms with Crippen LogP contribution < -0.4 is 11.1 Å². The predicted molar refractivity (Wildman–Crippen MR) is 59.5 cm³/mol. The van der Waals surface area contributed by atoms with Gasteiger partial charge in [-0.15, -0.1) is 0 Å². The molecule has 1 saturated carbocycles. The van der Waals surface area contributed by atoms with Gasteiger partial charge < -0.3 is 15.8 Å². The Morgan fingerprint density at radius 1 is 1.47 bits per heavy atom. The van der Waals surface area contributed by atoms with Crippen molar-refractivity contribution in [1.82, 2.24) is 5.32 Å². The molecule has 0 aromatic rings. The summed E-state index contributed by atoms with van der Waals surface area (Å²) in [5.74, 6) is 1.11. The zero-order valence-corrected chi connectivity index (χ0v) is 9.66. The number of alkyl carbamates (subject to hydrolysis) is 1. The highest BCUT2D eigenvalue weighted by Gasteiger charge is 2.26. The summed E-state index contributed by atoms with van der Waals surface area (Å²) in [7, 11) is 0. The predicted octanol–water partition coefficient (Wildman–Crippen LogP) is 1.50. The first-order chi connectivity index (χ1) is 7.13. The molecule has 4 nitrogen and oxygen atoms in total. The zero-order chi connectivity index (χ0) is 11.3. The molecule has 0 bridgehead atoms. The molecule has 0 heterocycles. The molecule has 2 atom stereocenters. The van der Waals surface area contributed by atoms with Gasteiger partial charge in [-0.05, 0) is 45.1 Å². The molecule has 1 aliphatic rings. The number of carbonyl (C=O) groups excluding carboxylic acids is 1. The van der Waals surface area contributed by atoms with Crippen molar-refractivity contribution >= 4 is 6.09 Å². The van der Waals surface area contributed by atoms with Crippen molar-refractivity contribution in [3.05, 3.63) is 0 Å². The molecule has 0 aromatic heterocycles. The second-order valence-electron chi connectivity index (χ2n) is 4.52. The lowest BCUT2D eigenvalue weighted by Crippen LogP contribution is -2.34. The Hall–Kier alpha value is -0.770. The average molecular weight is 214 g/mol. The molecule has 1 fully saturated rings. The van der Waals surface area contributed by atoms with Crippen LogP contribution >= 0.6 is 0 Å². The Kier molecular flexibility index (Phi) is 4.88. The van der Waals surface area contributed by atoms with Crippen molar-refractivity contribution in [3.63, 3.8) is 0 Å². The first kappa shape index (κ1) is 12.3. The Labute approximate surface area is 91.5 Å². The number of carbonyl (C=O) groups is 1. The normalized spacial score (nSPS) is 25.6. The minimum Gasteiger partial charge on any atom is -0.447 e. The SMILES string of the molecule is CC(C)OC(=O)NCC1CCCC1CN. The first-order valence-electron chi connectivity index (χ1n) is 5.78. The van der Waals surface area contributed by atoms with Gasteiger partial charge in [0.15, 0.2) is 0 Å². The van der Waals surface area contributed by atoms with Crippen LogP contribution in [0.5, 0.6) is 0 Å². The number of nitrogens with two attached hydrogens (primary N) is 1. The summed E-state index contributed by atoms with van der Waals surface area (Å²) in [5, 5.41) is 2.80. The maximum Gasteiger partial charge on any atom is 0.407 e. The summed E-state index contributed by atoms with van der Waals surface area (Å²) >= 11 is 0. The fourth-order valence-electron chi connectivity index (χ4n) is 2.16. The minimum atomic E-state index is -0.312. The van der Waals surface area contributed by atoms with E-state index < -0.39 is 0 Å². The smallest absolute Gasteiger partial charge is 0.407 e. The van der Waals surface area contributed by atoms with Gasteiger partial charge >= 0.3 is 6.09 Å². The molecule has 1 amide bonds. The molecule has 0 radical (unpaired) electrons. The van der Waals surface area contributed by atoms with Crippen LogP contribution in [0.15, 0.2) is 0 Å². The molecule has 0 spiro atoms. The molecule has 3 N–H and O–H groups in total. The highest BCUT2D eigenvalue weighted by atomic mass is 16.6. The number of ether oxygens (including phenoxy) is 1. The molecular formula is C11H22N2O2. The molecule has 88 valence electrons. The lowest BCUT2D eigenvalue weighted by atomic mass is 9.96. The van der Waals surface area contributed by atoms with E-state index in [-0.39, 0.29) is 12.2 Å². The Morgan fingerprint density at radius 3 is 2.73 bits per heavy atom. The summed E-state index contributed by atoms with van der Waals surface area (Å²) in [6, 6.07) is 0. The van der Waals surface area contributed by atoms with Crippen molar-refractivity contribution in [2.75, 3.05) is 13.1 Å². The summed E-state index contributed by atoms with van der Waals surface area (Å²) in [5.41, 5.74) is 5.67. The summed E-state index contributed by atoms with van der Waals surface area (Å²) in [6.07, 6.45) is 3.23. The van der Waals surface area contributed by atoms with Crippen LogP contribution in [0.2, 0.25) is 0 Å². The molecule has 1 rings (SSSR count). The van der Waals surface area contributed by atoms with E-state index in [4.69, 9.17) is 10.5 Å². The van der Waals surface area contributed by atoms with Crippen molar-refractivity contribution in [3.8, 4) is 0 Å². The number of rotatable bonds is 4. The van der Waals surface area contributed by atoms with E-state index >= 15 is 0 Å². The number of hydrogen-bond donors (Lipinski definition) is 2. The second kappa shape index (κ2) is 5.95. The fourth-order valence-corrected chi connectivity index (χ4v) is 2.16. The van der Waals surface area contributed by atoms with Crippen LogP contribution in [-0.2, 0) is 4.74 Å². The molecular weight excluding hydrogens is 192 g/mol. The van der Waals surface area contributed by atoms with Crippen LogP contribution in [0.3, 0.4) is 0 Å². The highest BCUT2D eigenvalue weighted by Crippen LogP contribution is 2.30. The van der Waals surface area contributed by atoms with Gasteiger partial charge in [-0.25, -0.2) is 4.79 Å². The molecule has 2 unspecified atom stereocenters. The van der Waals surface area contributed by atoms with E-state index in [1.807, 2.05) is 13.8 Å². The topological polar surface area (TPSA) is 64.3 Å². The van der Waals surface area contributed by atoms with Crippen molar-refractivity contribution < 1.29 is 9.53 Å². The lowest BCUT2D eigenvalue weighted by Gasteiger charge is -2.18. The maximum absolute atomic E-state index is 11.2. The van der Waals surface area contributed by atoms with Crippen molar-refractivity contribution in [1.29, 1.82) is 0 Å². The van der Waals surface area contributed by atoms with E-state index in [1.54, 1.807) is 0 Å². The molecule has 0 saturated heterocycles. The fraction of sp³-hybridized carbons (Fsp3) is 0.909. The summed E-state index contributed by atoms with van der Waals surface area (Å²) in [4.78, 5) is 11.2. The van der Waals surface area contributed by atoms with Gasteiger partial charge in [0.1, 0.15) is 0 Å². The second-order valence-corrected chi connectivity index (χ2v) is 4.52. The third-order valence-corrected chi connectivity index (χ3v) is 2.97. The summed E-state index contributed by atoms with van der Waals surface area (Å²) in [6.45, 7) is 5.12. The van der Waals surface area contributed by atoms with E-state index in [0.29, 0.717) is 18.4 Å². The Balaban J connectivity index is 2.21. The molecule has 0 aromatic carbocycles. The number of nitrogens with one attached hydrogen (secondary N) is 1. The van der Waals surface area contributed by atoms with Gasteiger partial charge in [0.05, 0.1) is 6.10 Å². The van der Waals surface area contributed by atoms with Crippen LogP contribution in [0.4, 0.5) is 4.79 Å². The number of hydrogen-bond acceptors (Lipinski definition) is 3. The van der Waals surface area contributed by atoms with E-state index in [0.717, 1.165) is 6.54 Å². The quantitative estimate of drug-likeness (QED) is 0.745. The van der Waals surface area contributed by atoms with Gasteiger partial charge in [-0.1, -0.05) is 6.42 Å². The highest BCUT2D eigenvalue weighted by molar-refractivity contribution is 5.67. The van der Waals surface area contributed by atoms with Gasteiger partial charge in [0, 0.05) is 6.54 Å². The monoisotopic (exact) mass is 214 g/mol. The molecule has 4 heteroatoms. The van der Waals surface area contributed by atoms with Gasteiger partial charge in [0.25, 0.3) is 0 Å². The van der Waals surface area contributed by atoms with Crippen LogP contribution in [0.1, 0.15) is 33.1 Å². The Morgan fingerprint density at radius 2 is 2.13 bits per heavy atom. The van der Waals surface area contributed by atoms with Crippen LogP contribution in [-0.4, -0.2) is 25.3 Å². The van der Waals surface area contributed by atoms with E-state index in [9.17, 15) is 4.79 Å². The average Bonchev–Trinajstić information content (AvgIpc) is 2.60. The lowest BCUT2D eigenvalue weighted by molar-refractivity contribution is 0.113. The van der Waals surface area contributed by atoms with Crippen LogP contribution in [0.25, 0.3) is 0 Å². The van der Waals surface area contributed by atoms with Crippen molar-refractivity contribution in [2.45, 2.75) is 39.2 Å². The number of amides is 1.